The molecule has 0 bridgehead atoms. The molecule has 0 saturated carbocycles. The van der Waals surface area contributed by atoms with Gasteiger partial charge in [0.1, 0.15) is 11.9 Å². The van der Waals surface area contributed by atoms with Crippen molar-refractivity contribution in [3.63, 3.8) is 0 Å². The van der Waals surface area contributed by atoms with E-state index in [0.29, 0.717) is 5.92 Å². The molecule has 96 valence electrons. The first-order chi connectivity index (χ1) is 8.84. The first-order valence-electron chi connectivity index (χ1n) is 6.92. The number of aliphatic hydroxyl groups excluding tert-OH is 1. The van der Waals surface area contributed by atoms with Gasteiger partial charge in [0, 0.05) is 0 Å². The Labute approximate surface area is 108 Å². The fourth-order valence-corrected chi connectivity index (χ4v) is 3.01. The van der Waals surface area contributed by atoms with E-state index in [1.54, 1.807) is 0 Å². The minimum absolute atomic E-state index is 0.309. The summed E-state index contributed by atoms with van der Waals surface area (Å²) in [4.78, 5) is 0. The molecule has 2 atom stereocenters. The summed E-state index contributed by atoms with van der Waals surface area (Å²) < 4.78 is 5.59. The van der Waals surface area contributed by atoms with Gasteiger partial charge in [-0.25, -0.2) is 0 Å². The van der Waals surface area contributed by atoms with E-state index in [-0.39, 0.29) is 0 Å². The van der Waals surface area contributed by atoms with E-state index in [1.807, 2.05) is 0 Å². The first-order valence-corrected chi connectivity index (χ1v) is 6.92. The van der Waals surface area contributed by atoms with Gasteiger partial charge < -0.3 is 9.84 Å². The van der Waals surface area contributed by atoms with Crippen LogP contribution < -0.4 is 0 Å². The molecule has 0 saturated heterocycles. The highest BCUT2D eigenvalue weighted by atomic mass is 16.5. The van der Waals surface area contributed by atoms with Crippen LogP contribution in [0.25, 0.3) is 0 Å². The summed E-state index contributed by atoms with van der Waals surface area (Å²) in [5, 5.41) is 10.4. The van der Waals surface area contributed by atoms with Gasteiger partial charge in [0.2, 0.25) is 0 Å². The fraction of sp³-hybridized carbons (Fsp3) is 0.500. The molecule has 1 aliphatic heterocycles. The number of aryl methyl sites for hydroxylation is 1. The molecule has 0 spiro atoms. The molecule has 1 heterocycles. The average Bonchev–Trinajstić information content (AvgIpc) is 2.47. The number of aliphatic hydroxyl groups is 1. The van der Waals surface area contributed by atoms with Crippen molar-refractivity contribution in [1.29, 1.82) is 0 Å². The fourth-order valence-electron chi connectivity index (χ4n) is 3.01. The zero-order valence-electron chi connectivity index (χ0n) is 10.6. The molecule has 3 rings (SSSR count). The summed E-state index contributed by atoms with van der Waals surface area (Å²) >= 11 is 0. The highest BCUT2D eigenvalue weighted by molar-refractivity contribution is 5.30. The minimum atomic E-state index is -0.418. The van der Waals surface area contributed by atoms with Crippen molar-refractivity contribution in [2.24, 2.45) is 5.92 Å². The van der Waals surface area contributed by atoms with Gasteiger partial charge in [-0.3, -0.25) is 0 Å². The number of fused-ring (bicyclic) bond motifs is 1. The molecule has 1 N–H and O–H groups in total. The lowest BCUT2D eigenvalue weighted by molar-refractivity contribution is 0.0504. The van der Waals surface area contributed by atoms with Gasteiger partial charge in [-0.15, -0.1) is 0 Å². The van der Waals surface area contributed by atoms with Gasteiger partial charge in [-0.1, -0.05) is 24.3 Å². The molecule has 18 heavy (non-hydrogen) atoms. The molecule has 0 amide bonds. The lowest BCUT2D eigenvalue weighted by atomic mass is 9.80. The van der Waals surface area contributed by atoms with E-state index in [2.05, 4.69) is 30.3 Å². The molecule has 1 aromatic rings. The Morgan fingerprint density at radius 1 is 1.22 bits per heavy atom. The SMILES string of the molecule is OC(C1=CCCCO1)C1CCc2ccccc2C1. The predicted octanol–water partition coefficient (Wildman–Crippen LogP) is 2.85. The van der Waals surface area contributed by atoms with Gasteiger partial charge in [-0.05, 0) is 55.2 Å². The molecule has 1 aliphatic carbocycles. The Kier molecular flexibility index (Phi) is 3.37. The van der Waals surface area contributed by atoms with Crippen LogP contribution in [-0.2, 0) is 17.6 Å². The van der Waals surface area contributed by atoms with Gasteiger partial charge in [0.25, 0.3) is 0 Å². The Morgan fingerprint density at radius 3 is 2.83 bits per heavy atom. The Balaban J connectivity index is 1.73. The number of hydrogen-bond donors (Lipinski definition) is 1. The molecule has 1 aromatic carbocycles. The number of hydrogen-bond acceptors (Lipinski definition) is 2. The van der Waals surface area contributed by atoms with Crippen molar-refractivity contribution in [2.45, 2.75) is 38.2 Å². The monoisotopic (exact) mass is 244 g/mol. The average molecular weight is 244 g/mol. The van der Waals surface area contributed by atoms with Gasteiger partial charge in [-0.2, -0.15) is 0 Å². The Hall–Kier alpha value is -1.28. The maximum Gasteiger partial charge on any atom is 0.121 e. The van der Waals surface area contributed by atoms with Crippen molar-refractivity contribution in [3.05, 3.63) is 47.2 Å². The van der Waals surface area contributed by atoms with Crippen LogP contribution in [0, 0.1) is 5.92 Å². The van der Waals surface area contributed by atoms with E-state index in [9.17, 15) is 5.11 Å². The molecule has 2 unspecified atom stereocenters. The molecule has 2 aliphatic rings. The lowest BCUT2D eigenvalue weighted by Gasteiger charge is -2.30. The van der Waals surface area contributed by atoms with Crippen LogP contribution in [0.5, 0.6) is 0 Å². The highest BCUT2D eigenvalue weighted by Crippen LogP contribution is 2.31. The van der Waals surface area contributed by atoms with Crippen molar-refractivity contribution in [2.75, 3.05) is 6.61 Å². The predicted molar refractivity (Wildman–Crippen MR) is 71.2 cm³/mol. The molecular weight excluding hydrogens is 224 g/mol. The second-order valence-corrected chi connectivity index (χ2v) is 5.31. The third-order valence-corrected chi connectivity index (χ3v) is 4.09. The maximum atomic E-state index is 10.4. The number of rotatable bonds is 2. The van der Waals surface area contributed by atoms with E-state index in [1.165, 1.54) is 11.1 Å². The van der Waals surface area contributed by atoms with Crippen molar-refractivity contribution < 1.29 is 9.84 Å². The van der Waals surface area contributed by atoms with Crippen LogP contribution in [0.3, 0.4) is 0 Å². The van der Waals surface area contributed by atoms with E-state index >= 15 is 0 Å². The first kappa shape index (κ1) is 11.8. The lowest BCUT2D eigenvalue weighted by Crippen LogP contribution is -2.30. The van der Waals surface area contributed by atoms with E-state index in [0.717, 1.165) is 44.5 Å². The number of allylic oxidation sites excluding steroid dienone is 1. The number of ether oxygens (including phenoxy) is 1. The second-order valence-electron chi connectivity index (χ2n) is 5.31. The molecule has 2 heteroatoms. The van der Waals surface area contributed by atoms with Gasteiger partial charge >= 0.3 is 0 Å². The smallest absolute Gasteiger partial charge is 0.121 e. The number of benzene rings is 1. The van der Waals surface area contributed by atoms with E-state index in [4.69, 9.17) is 4.74 Å². The third-order valence-electron chi connectivity index (χ3n) is 4.09. The van der Waals surface area contributed by atoms with Crippen LogP contribution in [0.2, 0.25) is 0 Å². The van der Waals surface area contributed by atoms with Crippen LogP contribution >= 0.6 is 0 Å². The Morgan fingerprint density at radius 2 is 2.06 bits per heavy atom. The second kappa shape index (κ2) is 5.15. The summed E-state index contributed by atoms with van der Waals surface area (Å²) in [6.45, 7) is 0.756. The summed E-state index contributed by atoms with van der Waals surface area (Å²) in [6, 6.07) is 8.57. The highest BCUT2D eigenvalue weighted by Gasteiger charge is 2.28. The normalized spacial score (nSPS) is 24.7. The topological polar surface area (TPSA) is 29.5 Å². The quantitative estimate of drug-likeness (QED) is 0.867. The molecular formula is C16H20O2. The van der Waals surface area contributed by atoms with Crippen molar-refractivity contribution >= 4 is 0 Å². The van der Waals surface area contributed by atoms with Crippen molar-refractivity contribution in [1.82, 2.24) is 0 Å². The zero-order valence-corrected chi connectivity index (χ0v) is 10.6. The summed E-state index contributed by atoms with van der Waals surface area (Å²) in [5.74, 6) is 1.12. The summed E-state index contributed by atoms with van der Waals surface area (Å²) in [5.41, 5.74) is 2.84. The molecule has 0 fully saturated rings. The molecule has 0 radical (unpaired) electrons. The van der Waals surface area contributed by atoms with Gasteiger partial charge in [0.15, 0.2) is 0 Å². The summed E-state index contributed by atoms with van der Waals surface area (Å²) in [6.07, 6.45) is 6.86. The molecule has 2 nitrogen and oxygen atoms in total. The van der Waals surface area contributed by atoms with Crippen LogP contribution in [-0.4, -0.2) is 17.8 Å². The van der Waals surface area contributed by atoms with Crippen LogP contribution in [0.15, 0.2) is 36.1 Å². The summed E-state index contributed by atoms with van der Waals surface area (Å²) in [7, 11) is 0. The van der Waals surface area contributed by atoms with Crippen LogP contribution in [0.1, 0.15) is 30.4 Å². The van der Waals surface area contributed by atoms with E-state index < -0.39 is 6.10 Å². The third kappa shape index (κ3) is 2.30. The zero-order chi connectivity index (χ0) is 12.4. The largest absolute Gasteiger partial charge is 0.495 e. The molecule has 0 aromatic heterocycles. The van der Waals surface area contributed by atoms with Gasteiger partial charge in [0.05, 0.1) is 6.61 Å². The van der Waals surface area contributed by atoms with Crippen LogP contribution in [0.4, 0.5) is 0 Å². The maximum absolute atomic E-state index is 10.4. The minimum Gasteiger partial charge on any atom is -0.495 e. The van der Waals surface area contributed by atoms with Crippen molar-refractivity contribution in [3.8, 4) is 0 Å². The Bertz CT molecular complexity index is 450. The standard InChI is InChI=1S/C16H20O2/c17-16(15-7-3-4-10-18-15)14-9-8-12-5-1-2-6-13(12)11-14/h1-2,5-7,14,16-17H,3-4,8-11H2.